The fourth-order valence-electron chi connectivity index (χ4n) is 4.97. The second kappa shape index (κ2) is 11.4. The molecular formula is C27H25F2N9O4. The molecule has 3 amide bonds. The number of rotatable bonds is 5. The lowest BCUT2D eigenvalue weighted by molar-refractivity contribution is -0.145. The molecule has 2 aromatic carbocycles. The molecule has 42 heavy (non-hydrogen) atoms. The van der Waals surface area contributed by atoms with Gasteiger partial charge in [-0.25, -0.2) is 23.7 Å². The molecule has 2 aromatic heterocycles. The molecular weight excluding hydrogens is 552 g/mol. The van der Waals surface area contributed by atoms with Crippen LogP contribution in [0.25, 0.3) is 10.9 Å². The molecule has 4 aromatic rings. The van der Waals surface area contributed by atoms with E-state index in [1.807, 2.05) is 6.07 Å². The van der Waals surface area contributed by atoms with Gasteiger partial charge in [-0.15, -0.1) is 5.10 Å². The first-order valence-corrected chi connectivity index (χ1v) is 13.1. The van der Waals surface area contributed by atoms with Crippen molar-refractivity contribution in [2.75, 3.05) is 47.8 Å². The van der Waals surface area contributed by atoms with Crippen molar-refractivity contribution in [1.82, 2.24) is 30.4 Å². The highest BCUT2D eigenvalue weighted by atomic mass is 19.1. The van der Waals surface area contributed by atoms with E-state index in [9.17, 15) is 14.4 Å². The van der Waals surface area contributed by atoms with Crippen molar-refractivity contribution < 1.29 is 27.9 Å². The SMILES string of the molecule is O=C(Nc1ccc2ncccc2c1)C(=O)N1CCN(c2c(F)cc(N3C[C@H](Cn4ccnn4)OC3=O)cc2F)CCN1. The standard InChI is InChI=1S/C27H25F2N9O4/c28-21-13-19(37-16-20(42-27(37)41)15-36-9-6-31-34-36)14-22(29)24(21)35-8-7-32-38(11-10-35)26(40)25(39)33-18-3-4-23-17(12-18)2-1-5-30-23/h1-6,9,12-14,20,32H,7-8,10-11,15-16H2,(H,33,39)/t20-/m0/s1. The Morgan fingerprint density at radius 3 is 2.69 bits per heavy atom. The number of ether oxygens (including phenoxy) is 1. The number of fused-ring (bicyclic) bond motifs is 1. The summed E-state index contributed by atoms with van der Waals surface area (Å²) in [4.78, 5) is 44.8. The summed E-state index contributed by atoms with van der Waals surface area (Å²) < 4.78 is 37.4. The Labute approximate surface area is 237 Å². The van der Waals surface area contributed by atoms with E-state index in [0.717, 1.165) is 32.9 Å². The van der Waals surface area contributed by atoms with Gasteiger partial charge in [0.1, 0.15) is 11.8 Å². The first-order chi connectivity index (χ1) is 20.4. The number of hydrazine groups is 1. The minimum absolute atomic E-state index is 0.0169. The normalized spacial score (nSPS) is 17.3. The molecule has 1 atom stereocenters. The molecule has 4 heterocycles. The first-order valence-electron chi connectivity index (χ1n) is 13.1. The zero-order valence-electron chi connectivity index (χ0n) is 22.1. The molecule has 0 radical (unpaired) electrons. The number of carbonyl (C=O) groups is 3. The van der Waals surface area contributed by atoms with Crippen molar-refractivity contribution in [3.05, 3.63) is 72.7 Å². The zero-order chi connectivity index (χ0) is 29.2. The number of halogens is 2. The number of cyclic esters (lactones) is 1. The zero-order valence-corrected chi connectivity index (χ0v) is 22.1. The van der Waals surface area contributed by atoms with Crippen LogP contribution in [0.3, 0.4) is 0 Å². The number of carbonyl (C=O) groups excluding carboxylic acids is 3. The van der Waals surface area contributed by atoms with Crippen LogP contribution < -0.4 is 20.5 Å². The van der Waals surface area contributed by atoms with Crippen LogP contribution in [0.2, 0.25) is 0 Å². The minimum atomic E-state index is -0.874. The van der Waals surface area contributed by atoms with Gasteiger partial charge in [-0.05, 0) is 24.3 Å². The molecule has 0 bridgehead atoms. The van der Waals surface area contributed by atoms with E-state index in [1.54, 1.807) is 36.7 Å². The summed E-state index contributed by atoms with van der Waals surface area (Å²) in [7, 11) is 0. The molecule has 2 fully saturated rings. The van der Waals surface area contributed by atoms with Crippen molar-refractivity contribution in [2.24, 2.45) is 0 Å². The Bertz CT molecular complexity index is 1630. The topological polar surface area (TPSA) is 138 Å². The van der Waals surface area contributed by atoms with E-state index in [1.165, 1.54) is 15.8 Å². The molecule has 15 heteroatoms. The van der Waals surface area contributed by atoms with E-state index in [-0.39, 0.29) is 50.6 Å². The van der Waals surface area contributed by atoms with Gasteiger partial charge in [-0.3, -0.25) is 24.5 Å². The van der Waals surface area contributed by atoms with Crippen LogP contribution in [0.4, 0.5) is 30.6 Å². The highest BCUT2D eigenvalue weighted by molar-refractivity contribution is 6.39. The summed E-state index contributed by atoms with van der Waals surface area (Å²) in [6.07, 6.45) is 3.47. The minimum Gasteiger partial charge on any atom is -0.442 e. The quantitative estimate of drug-likeness (QED) is 0.341. The van der Waals surface area contributed by atoms with Gasteiger partial charge in [0.2, 0.25) is 0 Å². The molecule has 2 saturated heterocycles. The summed E-state index contributed by atoms with van der Waals surface area (Å²) in [6.45, 7) is 0.661. The maximum absolute atomic E-state index is 15.3. The first kappa shape index (κ1) is 27.0. The summed E-state index contributed by atoms with van der Waals surface area (Å²) >= 11 is 0. The summed E-state index contributed by atoms with van der Waals surface area (Å²) in [5.74, 6) is -3.45. The average molecular weight is 578 g/mol. The van der Waals surface area contributed by atoms with Gasteiger partial charge in [-0.2, -0.15) is 0 Å². The maximum Gasteiger partial charge on any atom is 0.414 e. The largest absolute Gasteiger partial charge is 0.442 e. The molecule has 2 aliphatic rings. The smallest absolute Gasteiger partial charge is 0.414 e. The van der Waals surface area contributed by atoms with E-state index in [4.69, 9.17) is 4.74 Å². The lowest BCUT2D eigenvalue weighted by atomic mass is 10.2. The lowest BCUT2D eigenvalue weighted by Crippen LogP contribution is -2.48. The number of aromatic nitrogens is 4. The molecule has 0 saturated carbocycles. The third kappa shape index (κ3) is 5.54. The molecule has 6 rings (SSSR count). The Morgan fingerprint density at radius 1 is 1.07 bits per heavy atom. The average Bonchev–Trinajstić information content (AvgIpc) is 3.55. The van der Waals surface area contributed by atoms with Crippen molar-refractivity contribution >= 4 is 45.9 Å². The molecule has 2 aliphatic heterocycles. The second-order valence-electron chi connectivity index (χ2n) is 9.72. The van der Waals surface area contributed by atoms with Crippen LogP contribution in [0.1, 0.15) is 0 Å². The van der Waals surface area contributed by atoms with Gasteiger partial charge in [0.25, 0.3) is 0 Å². The molecule has 0 spiro atoms. The van der Waals surface area contributed by atoms with Gasteiger partial charge >= 0.3 is 17.9 Å². The third-order valence-electron chi connectivity index (χ3n) is 6.94. The van der Waals surface area contributed by atoms with Crippen LogP contribution >= 0.6 is 0 Å². The Hall–Kier alpha value is -5.18. The van der Waals surface area contributed by atoms with Crippen LogP contribution in [0.15, 0.2) is 61.1 Å². The van der Waals surface area contributed by atoms with Crippen molar-refractivity contribution in [3.63, 3.8) is 0 Å². The van der Waals surface area contributed by atoms with Crippen LogP contribution in [0.5, 0.6) is 0 Å². The third-order valence-corrected chi connectivity index (χ3v) is 6.94. The summed E-state index contributed by atoms with van der Waals surface area (Å²) in [5.41, 5.74) is 3.75. The van der Waals surface area contributed by atoms with Crippen molar-refractivity contribution in [1.29, 1.82) is 0 Å². The maximum atomic E-state index is 15.3. The van der Waals surface area contributed by atoms with E-state index >= 15 is 8.78 Å². The number of hydrogen-bond acceptors (Lipinski definition) is 9. The highest BCUT2D eigenvalue weighted by Crippen LogP contribution is 2.31. The number of hydrogen-bond donors (Lipinski definition) is 2. The number of pyridine rings is 1. The number of nitrogens with one attached hydrogen (secondary N) is 2. The Morgan fingerprint density at radius 2 is 1.90 bits per heavy atom. The number of amides is 3. The van der Waals surface area contributed by atoms with E-state index in [0.29, 0.717) is 5.69 Å². The second-order valence-corrected chi connectivity index (χ2v) is 9.72. The molecule has 13 nitrogen and oxygen atoms in total. The van der Waals surface area contributed by atoms with Crippen LogP contribution in [-0.2, 0) is 20.9 Å². The van der Waals surface area contributed by atoms with Gasteiger partial charge in [0.05, 0.1) is 37.0 Å². The predicted molar refractivity (Wildman–Crippen MR) is 146 cm³/mol. The van der Waals surface area contributed by atoms with Gasteiger partial charge in [0.15, 0.2) is 11.6 Å². The van der Waals surface area contributed by atoms with Gasteiger partial charge in [-0.1, -0.05) is 11.3 Å². The fraction of sp³-hybridized carbons (Fsp3) is 0.259. The summed E-state index contributed by atoms with van der Waals surface area (Å²) in [5, 5.41) is 12.0. The van der Waals surface area contributed by atoms with Gasteiger partial charge in [0, 0.05) is 55.2 Å². The van der Waals surface area contributed by atoms with Gasteiger partial charge < -0.3 is 15.0 Å². The predicted octanol–water partition coefficient (Wildman–Crippen LogP) is 1.92. The van der Waals surface area contributed by atoms with E-state index in [2.05, 4.69) is 26.0 Å². The number of benzene rings is 2. The molecule has 0 unspecified atom stereocenters. The molecule has 0 aliphatic carbocycles. The van der Waals surface area contributed by atoms with Crippen LogP contribution in [-0.4, -0.2) is 81.7 Å². The molecule has 2 N–H and O–H groups in total. The molecule has 216 valence electrons. The highest BCUT2D eigenvalue weighted by Gasteiger charge is 2.34. The van der Waals surface area contributed by atoms with Crippen LogP contribution in [0, 0.1) is 11.6 Å². The van der Waals surface area contributed by atoms with Crippen molar-refractivity contribution in [3.8, 4) is 0 Å². The summed E-state index contributed by atoms with van der Waals surface area (Å²) in [6, 6.07) is 10.8. The number of nitrogens with zero attached hydrogens (tertiary/aromatic N) is 7. The Balaban J connectivity index is 1.09. The lowest BCUT2D eigenvalue weighted by Gasteiger charge is -2.25. The van der Waals surface area contributed by atoms with Crippen molar-refractivity contribution in [2.45, 2.75) is 12.6 Å². The number of anilines is 3. The Kier molecular flexibility index (Phi) is 7.31. The van der Waals surface area contributed by atoms with E-state index < -0.39 is 35.6 Å². The monoisotopic (exact) mass is 577 g/mol. The fourth-order valence-corrected chi connectivity index (χ4v) is 4.97.